The van der Waals surface area contributed by atoms with Gasteiger partial charge in [0.05, 0.1) is 0 Å². The molecule has 0 spiro atoms. The first-order chi connectivity index (χ1) is 6.88. The van der Waals surface area contributed by atoms with E-state index in [1.807, 2.05) is 17.8 Å². The molecule has 1 N–H and O–H groups in total. The summed E-state index contributed by atoms with van der Waals surface area (Å²) in [4.78, 5) is 1.33. The lowest BCUT2D eigenvalue weighted by atomic mass is 10.3. The predicted octanol–water partition coefficient (Wildman–Crippen LogP) is 3.79. The van der Waals surface area contributed by atoms with Crippen LogP contribution in [0, 0.1) is 0 Å². The number of hydrogen-bond donors (Lipinski definition) is 1. The van der Waals surface area contributed by atoms with Gasteiger partial charge < -0.3 is 5.32 Å². The van der Waals surface area contributed by atoms with E-state index in [0.29, 0.717) is 0 Å². The van der Waals surface area contributed by atoms with Gasteiger partial charge in [-0.3, -0.25) is 0 Å². The molecule has 1 rings (SSSR count). The SMILES string of the molecule is C=CCNc1ccccc1SCCC. The van der Waals surface area contributed by atoms with Crippen molar-refractivity contribution < 1.29 is 0 Å². The molecule has 0 heterocycles. The van der Waals surface area contributed by atoms with Crippen molar-refractivity contribution in [2.75, 3.05) is 17.6 Å². The summed E-state index contributed by atoms with van der Waals surface area (Å²) in [5, 5.41) is 3.33. The lowest BCUT2D eigenvalue weighted by Crippen LogP contribution is -1.98. The minimum atomic E-state index is 0.823. The Morgan fingerprint density at radius 2 is 2.21 bits per heavy atom. The molecule has 14 heavy (non-hydrogen) atoms. The fourth-order valence-corrected chi connectivity index (χ4v) is 2.03. The van der Waals surface area contributed by atoms with Crippen LogP contribution in [-0.2, 0) is 0 Å². The maximum absolute atomic E-state index is 3.70. The summed E-state index contributed by atoms with van der Waals surface area (Å²) >= 11 is 1.90. The molecular formula is C12H17NS. The van der Waals surface area contributed by atoms with Gasteiger partial charge in [0.15, 0.2) is 0 Å². The Morgan fingerprint density at radius 1 is 1.43 bits per heavy atom. The summed E-state index contributed by atoms with van der Waals surface area (Å²) in [5.41, 5.74) is 1.21. The molecule has 0 aliphatic rings. The van der Waals surface area contributed by atoms with Gasteiger partial charge in [0.25, 0.3) is 0 Å². The highest BCUT2D eigenvalue weighted by Crippen LogP contribution is 2.27. The summed E-state index contributed by atoms with van der Waals surface area (Å²) in [6.07, 6.45) is 3.09. The van der Waals surface area contributed by atoms with Gasteiger partial charge in [-0.15, -0.1) is 18.3 Å². The van der Waals surface area contributed by atoms with Gasteiger partial charge in [-0.1, -0.05) is 25.1 Å². The Bertz CT molecular complexity index is 283. The van der Waals surface area contributed by atoms with Crippen molar-refractivity contribution in [2.24, 2.45) is 0 Å². The van der Waals surface area contributed by atoms with Crippen molar-refractivity contribution in [3.05, 3.63) is 36.9 Å². The number of rotatable bonds is 6. The molecule has 0 atom stereocenters. The Hall–Kier alpha value is -0.890. The van der Waals surface area contributed by atoms with E-state index in [9.17, 15) is 0 Å². The van der Waals surface area contributed by atoms with Gasteiger partial charge in [0.2, 0.25) is 0 Å². The molecular weight excluding hydrogens is 190 g/mol. The van der Waals surface area contributed by atoms with Crippen LogP contribution in [0.1, 0.15) is 13.3 Å². The maximum Gasteiger partial charge on any atom is 0.0480 e. The first-order valence-corrected chi connectivity index (χ1v) is 5.93. The van der Waals surface area contributed by atoms with E-state index >= 15 is 0 Å². The average Bonchev–Trinajstić information content (AvgIpc) is 2.24. The Balaban J connectivity index is 2.64. The van der Waals surface area contributed by atoms with Crippen LogP contribution in [0.4, 0.5) is 5.69 Å². The largest absolute Gasteiger partial charge is 0.381 e. The van der Waals surface area contributed by atoms with E-state index in [4.69, 9.17) is 0 Å². The molecule has 2 heteroatoms. The van der Waals surface area contributed by atoms with Crippen molar-refractivity contribution in [1.82, 2.24) is 0 Å². The van der Waals surface area contributed by atoms with Crippen LogP contribution in [-0.4, -0.2) is 12.3 Å². The van der Waals surface area contributed by atoms with Crippen molar-refractivity contribution in [2.45, 2.75) is 18.2 Å². The number of nitrogens with one attached hydrogen (secondary N) is 1. The molecule has 0 aliphatic heterocycles. The Morgan fingerprint density at radius 3 is 2.93 bits per heavy atom. The van der Waals surface area contributed by atoms with Crippen LogP contribution in [0.3, 0.4) is 0 Å². The zero-order valence-corrected chi connectivity index (χ0v) is 9.44. The molecule has 0 radical (unpaired) electrons. The van der Waals surface area contributed by atoms with Crippen molar-refractivity contribution >= 4 is 17.4 Å². The highest BCUT2D eigenvalue weighted by Gasteiger charge is 1.99. The van der Waals surface area contributed by atoms with Gasteiger partial charge in [0, 0.05) is 17.1 Å². The monoisotopic (exact) mass is 207 g/mol. The van der Waals surface area contributed by atoms with E-state index in [0.717, 1.165) is 6.54 Å². The van der Waals surface area contributed by atoms with Crippen LogP contribution in [0.5, 0.6) is 0 Å². The molecule has 0 saturated carbocycles. The summed E-state index contributed by atoms with van der Waals surface area (Å²) in [6.45, 7) is 6.72. The molecule has 0 fully saturated rings. The highest BCUT2D eigenvalue weighted by atomic mass is 32.2. The Kier molecular flexibility index (Phi) is 5.23. The van der Waals surface area contributed by atoms with Gasteiger partial charge in [-0.25, -0.2) is 0 Å². The average molecular weight is 207 g/mol. The summed E-state index contributed by atoms with van der Waals surface area (Å²) in [5.74, 6) is 1.17. The van der Waals surface area contributed by atoms with Crippen molar-refractivity contribution in [3.8, 4) is 0 Å². The molecule has 76 valence electrons. The molecule has 0 saturated heterocycles. The number of benzene rings is 1. The number of hydrogen-bond acceptors (Lipinski definition) is 2. The summed E-state index contributed by atoms with van der Waals surface area (Å²) in [6, 6.07) is 8.41. The van der Waals surface area contributed by atoms with Gasteiger partial charge in [-0.2, -0.15) is 0 Å². The minimum absolute atomic E-state index is 0.823. The number of thioether (sulfide) groups is 1. The van der Waals surface area contributed by atoms with E-state index < -0.39 is 0 Å². The summed E-state index contributed by atoms with van der Waals surface area (Å²) < 4.78 is 0. The lowest BCUT2D eigenvalue weighted by molar-refractivity contribution is 1.10. The first kappa shape index (κ1) is 11.2. The fraction of sp³-hybridized carbons (Fsp3) is 0.333. The van der Waals surface area contributed by atoms with E-state index in [1.165, 1.54) is 22.8 Å². The molecule has 1 aromatic rings. The van der Waals surface area contributed by atoms with Crippen LogP contribution in [0.25, 0.3) is 0 Å². The third kappa shape index (κ3) is 3.46. The Labute approximate surface area is 90.6 Å². The molecule has 0 bridgehead atoms. The van der Waals surface area contributed by atoms with Crippen molar-refractivity contribution in [3.63, 3.8) is 0 Å². The second kappa shape index (κ2) is 6.55. The van der Waals surface area contributed by atoms with E-state index in [1.54, 1.807) is 0 Å². The van der Waals surface area contributed by atoms with Crippen LogP contribution in [0.2, 0.25) is 0 Å². The normalized spacial score (nSPS) is 9.79. The molecule has 1 aromatic carbocycles. The lowest BCUT2D eigenvalue weighted by Gasteiger charge is -2.09. The smallest absolute Gasteiger partial charge is 0.0480 e. The van der Waals surface area contributed by atoms with Gasteiger partial charge >= 0.3 is 0 Å². The second-order valence-corrected chi connectivity index (χ2v) is 4.15. The first-order valence-electron chi connectivity index (χ1n) is 4.95. The highest BCUT2D eigenvalue weighted by molar-refractivity contribution is 7.99. The zero-order valence-electron chi connectivity index (χ0n) is 8.62. The van der Waals surface area contributed by atoms with E-state index in [2.05, 4.69) is 43.1 Å². The third-order valence-electron chi connectivity index (χ3n) is 1.79. The van der Waals surface area contributed by atoms with Crippen LogP contribution >= 0.6 is 11.8 Å². The number of anilines is 1. The summed E-state index contributed by atoms with van der Waals surface area (Å²) in [7, 11) is 0. The van der Waals surface area contributed by atoms with Crippen LogP contribution < -0.4 is 5.32 Å². The van der Waals surface area contributed by atoms with Gasteiger partial charge in [-0.05, 0) is 24.3 Å². The molecule has 0 aromatic heterocycles. The molecule has 0 unspecified atom stereocenters. The standard InChI is InChI=1S/C12H17NS/c1-3-9-13-11-7-5-6-8-12(11)14-10-4-2/h3,5-8,13H,1,4,9-10H2,2H3. The van der Waals surface area contributed by atoms with E-state index in [-0.39, 0.29) is 0 Å². The minimum Gasteiger partial charge on any atom is -0.381 e. The molecule has 1 nitrogen and oxygen atoms in total. The predicted molar refractivity (Wildman–Crippen MR) is 66.1 cm³/mol. The topological polar surface area (TPSA) is 12.0 Å². The maximum atomic E-state index is 3.70. The third-order valence-corrected chi connectivity index (χ3v) is 3.06. The number of para-hydroxylation sites is 1. The quantitative estimate of drug-likeness (QED) is 0.562. The molecule has 0 amide bonds. The molecule has 0 aliphatic carbocycles. The van der Waals surface area contributed by atoms with Crippen molar-refractivity contribution in [1.29, 1.82) is 0 Å². The second-order valence-electron chi connectivity index (χ2n) is 3.01. The van der Waals surface area contributed by atoms with Crippen LogP contribution in [0.15, 0.2) is 41.8 Å². The van der Waals surface area contributed by atoms with Gasteiger partial charge in [0.1, 0.15) is 0 Å². The fourth-order valence-electron chi connectivity index (χ4n) is 1.13. The zero-order chi connectivity index (χ0) is 10.2.